The Bertz CT molecular complexity index is 892. The number of nitrogens with one attached hydrogen (secondary N) is 1. The summed E-state index contributed by atoms with van der Waals surface area (Å²) in [5.74, 6) is -1.16. The number of aromatic nitrogens is 1. The van der Waals surface area contributed by atoms with E-state index in [0.717, 1.165) is 25.7 Å². The van der Waals surface area contributed by atoms with Crippen LogP contribution in [0.2, 0.25) is 5.02 Å². The van der Waals surface area contributed by atoms with Gasteiger partial charge in [0.2, 0.25) is 11.8 Å². The molecule has 1 saturated carbocycles. The first-order valence-corrected chi connectivity index (χ1v) is 9.34. The molecule has 0 spiro atoms. The van der Waals surface area contributed by atoms with E-state index in [4.69, 9.17) is 11.6 Å². The summed E-state index contributed by atoms with van der Waals surface area (Å²) in [5, 5.41) is 2.96. The molecule has 2 atom stereocenters. The van der Waals surface area contributed by atoms with Gasteiger partial charge in [-0.3, -0.25) is 19.4 Å². The number of nitrogens with zero attached hydrogens (tertiary/aromatic N) is 2. The Labute approximate surface area is 161 Å². The summed E-state index contributed by atoms with van der Waals surface area (Å²) in [6, 6.07) is 9.83. The van der Waals surface area contributed by atoms with Crippen LogP contribution in [0.5, 0.6) is 0 Å². The first kappa shape index (κ1) is 17.7. The van der Waals surface area contributed by atoms with E-state index in [9.17, 15) is 14.4 Å². The number of benzene rings is 1. The molecule has 138 valence electrons. The molecule has 1 aliphatic heterocycles. The number of pyridine rings is 1. The zero-order chi connectivity index (χ0) is 19.0. The van der Waals surface area contributed by atoms with E-state index in [-0.39, 0.29) is 40.3 Å². The van der Waals surface area contributed by atoms with Crippen LogP contribution in [0, 0.1) is 11.8 Å². The molecule has 6 nitrogen and oxygen atoms in total. The van der Waals surface area contributed by atoms with Crippen LogP contribution in [-0.4, -0.2) is 22.7 Å². The van der Waals surface area contributed by atoms with Crippen molar-refractivity contribution in [3.8, 4) is 0 Å². The van der Waals surface area contributed by atoms with Crippen molar-refractivity contribution in [2.75, 3.05) is 10.2 Å². The predicted octanol–water partition coefficient (Wildman–Crippen LogP) is 3.67. The molecule has 1 aromatic heterocycles. The Morgan fingerprint density at radius 1 is 1.07 bits per heavy atom. The van der Waals surface area contributed by atoms with Gasteiger partial charge in [0, 0.05) is 11.9 Å². The van der Waals surface area contributed by atoms with E-state index in [0.29, 0.717) is 11.4 Å². The summed E-state index contributed by atoms with van der Waals surface area (Å²) in [6.45, 7) is 0. The average Bonchev–Trinajstić information content (AvgIpc) is 2.94. The highest BCUT2D eigenvalue weighted by Crippen LogP contribution is 2.42. The Morgan fingerprint density at radius 2 is 1.78 bits per heavy atom. The van der Waals surface area contributed by atoms with Gasteiger partial charge in [-0.2, -0.15) is 0 Å². The lowest BCUT2D eigenvalue weighted by Crippen LogP contribution is -2.31. The van der Waals surface area contributed by atoms with Crippen molar-refractivity contribution in [3.05, 3.63) is 53.3 Å². The molecule has 7 heteroatoms. The monoisotopic (exact) mass is 383 g/mol. The van der Waals surface area contributed by atoms with Gasteiger partial charge in [0.25, 0.3) is 5.91 Å². The standard InChI is InChI=1S/C20H18ClN3O3/c21-15-11-12(23-18(25)16-7-3-4-10-22-16)8-9-17(15)24-19(26)13-5-1-2-6-14(13)20(24)27/h3-4,7-11,13-14H,1-2,5-6H2,(H,23,25)/t13-,14-/m0/s1. The Balaban J connectivity index is 1.56. The number of anilines is 2. The van der Waals surface area contributed by atoms with Crippen LogP contribution < -0.4 is 10.2 Å². The minimum absolute atomic E-state index is 0.170. The molecular weight excluding hydrogens is 366 g/mol. The maximum atomic E-state index is 12.7. The Kier molecular flexibility index (Phi) is 4.66. The van der Waals surface area contributed by atoms with E-state index in [2.05, 4.69) is 10.3 Å². The van der Waals surface area contributed by atoms with Crippen LogP contribution in [0.4, 0.5) is 11.4 Å². The number of imide groups is 1. The van der Waals surface area contributed by atoms with Gasteiger partial charge >= 0.3 is 0 Å². The molecule has 2 fully saturated rings. The smallest absolute Gasteiger partial charge is 0.274 e. The Morgan fingerprint density at radius 3 is 2.37 bits per heavy atom. The number of hydrogen-bond donors (Lipinski definition) is 1. The summed E-state index contributed by atoms with van der Waals surface area (Å²) in [5.41, 5.74) is 1.12. The highest BCUT2D eigenvalue weighted by Gasteiger charge is 2.49. The third-order valence-corrected chi connectivity index (χ3v) is 5.49. The SMILES string of the molecule is O=C(Nc1ccc(N2C(=O)[C@H]3CCCC[C@@H]3C2=O)c(Cl)c1)c1ccccn1. The number of carbonyl (C=O) groups excluding carboxylic acids is 3. The molecular formula is C20H18ClN3O3. The quantitative estimate of drug-likeness (QED) is 0.820. The summed E-state index contributed by atoms with van der Waals surface area (Å²) in [4.78, 5) is 42.9. The van der Waals surface area contributed by atoms with Crippen molar-refractivity contribution in [1.29, 1.82) is 0 Å². The molecule has 27 heavy (non-hydrogen) atoms. The zero-order valence-electron chi connectivity index (χ0n) is 14.5. The fraction of sp³-hybridized carbons (Fsp3) is 0.300. The minimum atomic E-state index is -0.362. The third-order valence-electron chi connectivity index (χ3n) is 5.19. The number of carbonyl (C=O) groups is 3. The van der Waals surface area contributed by atoms with Crippen LogP contribution in [-0.2, 0) is 9.59 Å². The van der Waals surface area contributed by atoms with Crippen molar-refractivity contribution in [1.82, 2.24) is 4.98 Å². The summed E-state index contributed by atoms with van der Waals surface area (Å²) >= 11 is 6.35. The molecule has 3 amide bonds. The van der Waals surface area contributed by atoms with Gasteiger partial charge < -0.3 is 5.32 Å². The number of amides is 3. The number of fused-ring (bicyclic) bond motifs is 1. The van der Waals surface area contributed by atoms with Gasteiger partial charge in [0.1, 0.15) is 5.69 Å². The highest BCUT2D eigenvalue weighted by molar-refractivity contribution is 6.36. The van der Waals surface area contributed by atoms with Crippen LogP contribution in [0.3, 0.4) is 0 Å². The van der Waals surface area contributed by atoms with Gasteiger partial charge in [-0.15, -0.1) is 0 Å². The Hall–Kier alpha value is -2.73. The van der Waals surface area contributed by atoms with E-state index in [1.807, 2.05) is 0 Å². The fourth-order valence-corrected chi connectivity index (χ4v) is 4.12. The van der Waals surface area contributed by atoms with Crippen molar-refractivity contribution in [2.45, 2.75) is 25.7 Å². The van der Waals surface area contributed by atoms with Gasteiger partial charge in [-0.1, -0.05) is 30.5 Å². The third kappa shape index (κ3) is 3.21. The number of hydrogen-bond acceptors (Lipinski definition) is 4. The normalized spacial score (nSPS) is 21.9. The lowest BCUT2D eigenvalue weighted by molar-refractivity contribution is -0.122. The van der Waals surface area contributed by atoms with E-state index >= 15 is 0 Å². The van der Waals surface area contributed by atoms with Gasteiger partial charge in [0.05, 0.1) is 22.5 Å². The molecule has 0 unspecified atom stereocenters. The first-order chi connectivity index (χ1) is 13.1. The summed E-state index contributed by atoms with van der Waals surface area (Å²) in [6.07, 6.45) is 4.98. The predicted molar refractivity (Wildman–Crippen MR) is 102 cm³/mol. The zero-order valence-corrected chi connectivity index (χ0v) is 15.3. The fourth-order valence-electron chi connectivity index (χ4n) is 3.86. The molecule has 0 bridgehead atoms. The van der Waals surface area contributed by atoms with E-state index < -0.39 is 0 Å². The second-order valence-electron chi connectivity index (χ2n) is 6.84. The topological polar surface area (TPSA) is 79.4 Å². The first-order valence-electron chi connectivity index (χ1n) is 8.96. The van der Waals surface area contributed by atoms with Gasteiger partial charge in [0.15, 0.2) is 0 Å². The summed E-state index contributed by atoms with van der Waals surface area (Å²) in [7, 11) is 0. The van der Waals surface area contributed by atoms with Crippen molar-refractivity contribution < 1.29 is 14.4 Å². The molecule has 4 rings (SSSR count). The number of rotatable bonds is 3. The summed E-state index contributed by atoms with van der Waals surface area (Å²) < 4.78 is 0. The molecule has 2 heterocycles. The van der Waals surface area contributed by atoms with Gasteiger partial charge in [-0.25, -0.2) is 4.90 Å². The maximum Gasteiger partial charge on any atom is 0.274 e. The van der Waals surface area contributed by atoms with Crippen molar-refractivity contribution >= 4 is 40.7 Å². The van der Waals surface area contributed by atoms with Gasteiger partial charge in [-0.05, 0) is 43.2 Å². The molecule has 2 aromatic rings. The van der Waals surface area contributed by atoms with Crippen LogP contribution in [0.25, 0.3) is 0 Å². The van der Waals surface area contributed by atoms with E-state index in [1.54, 1.807) is 36.4 Å². The second-order valence-corrected chi connectivity index (χ2v) is 7.25. The molecule has 1 N–H and O–H groups in total. The lowest BCUT2D eigenvalue weighted by atomic mass is 9.81. The van der Waals surface area contributed by atoms with Crippen molar-refractivity contribution in [3.63, 3.8) is 0 Å². The molecule has 1 saturated heterocycles. The van der Waals surface area contributed by atoms with Crippen LogP contribution >= 0.6 is 11.6 Å². The molecule has 1 aliphatic carbocycles. The maximum absolute atomic E-state index is 12.7. The van der Waals surface area contributed by atoms with E-state index in [1.165, 1.54) is 11.1 Å². The largest absolute Gasteiger partial charge is 0.321 e. The average molecular weight is 384 g/mol. The van der Waals surface area contributed by atoms with Crippen molar-refractivity contribution in [2.24, 2.45) is 11.8 Å². The molecule has 0 radical (unpaired) electrons. The highest BCUT2D eigenvalue weighted by atomic mass is 35.5. The van der Waals surface area contributed by atoms with Crippen LogP contribution in [0.15, 0.2) is 42.6 Å². The number of halogens is 1. The van der Waals surface area contributed by atoms with Crippen LogP contribution in [0.1, 0.15) is 36.2 Å². The lowest BCUT2D eigenvalue weighted by Gasteiger charge is -2.19. The molecule has 1 aromatic carbocycles. The molecule has 2 aliphatic rings. The second kappa shape index (κ2) is 7.12. The minimum Gasteiger partial charge on any atom is -0.321 e.